The predicted octanol–water partition coefficient (Wildman–Crippen LogP) is 4.81. The average molecular weight is 411 g/mol. The van der Waals surface area contributed by atoms with Gasteiger partial charge in [-0.15, -0.1) is 0 Å². The number of carboxylic acid groups (broad SMARTS) is 1. The molecule has 0 radical (unpaired) electrons. The zero-order chi connectivity index (χ0) is 19.6. The van der Waals surface area contributed by atoms with Crippen molar-refractivity contribution < 1.29 is 23.1 Å². The highest BCUT2D eigenvalue weighted by molar-refractivity contribution is 7.99. The minimum absolute atomic E-state index is 0.131. The van der Waals surface area contributed by atoms with Crippen LogP contribution in [0.3, 0.4) is 0 Å². The van der Waals surface area contributed by atoms with Gasteiger partial charge in [-0.05, 0) is 36.4 Å². The number of halogens is 4. The molecule has 1 heterocycles. The van der Waals surface area contributed by atoms with Gasteiger partial charge in [-0.1, -0.05) is 35.2 Å². The van der Waals surface area contributed by atoms with Gasteiger partial charge in [0.05, 0.1) is 27.4 Å². The number of carbonyl (C=O) groups is 1. The molecule has 0 atom stereocenters. The largest absolute Gasteiger partial charge is 0.481 e. The maximum absolute atomic E-state index is 12.6. The number of benzene rings is 2. The summed E-state index contributed by atoms with van der Waals surface area (Å²) in [7, 11) is 0. The Balaban J connectivity index is 1.86. The molecular formula is C18H10ClF3N2O2S. The SMILES string of the molecule is O=C(O)CSc1nc2cc(Cl)c(C#Cc3ccc(C(F)(F)F)cc3)cc2[nH]1. The number of hydrogen-bond acceptors (Lipinski definition) is 3. The molecule has 0 bridgehead atoms. The first-order chi connectivity index (χ1) is 12.7. The maximum Gasteiger partial charge on any atom is 0.416 e. The highest BCUT2D eigenvalue weighted by Gasteiger charge is 2.29. The minimum Gasteiger partial charge on any atom is -0.481 e. The lowest BCUT2D eigenvalue weighted by Crippen LogP contribution is -2.04. The summed E-state index contributed by atoms with van der Waals surface area (Å²) in [5, 5.41) is 9.49. The second kappa shape index (κ2) is 7.55. The lowest BCUT2D eigenvalue weighted by atomic mass is 10.1. The Morgan fingerprint density at radius 3 is 2.56 bits per heavy atom. The number of H-pyrrole nitrogens is 1. The number of aliphatic carboxylic acids is 1. The zero-order valence-electron chi connectivity index (χ0n) is 13.4. The van der Waals surface area contributed by atoms with E-state index in [0.29, 0.717) is 32.3 Å². The Labute approximate surface area is 160 Å². The van der Waals surface area contributed by atoms with Crippen LogP contribution in [0.1, 0.15) is 16.7 Å². The molecule has 0 spiro atoms. The van der Waals surface area contributed by atoms with E-state index in [1.807, 2.05) is 0 Å². The van der Waals surface area contributed by atoms with Crippen molar-refractivity contribution in [3.8, 4) is 11.8 Å². The van der Waals surface area contributed by atoms with E-state index in [-0.39, 0.29) is 5.75 Å². The molecule has 138 valence electrons. The number of fused-ring (bicyclic) bond motifs is 1. The van der Waals surface area contributed by atoms with Crippen molar-refractivity contribution in [3.05, 3.63) is 58.1 Å². The third-order valence-electron chi connectivity index (χ3n) is 3.44. The third-order valence-corrected chi connectivity index (χ3v) is 4.61. The lowest BCUT2D eigenvalue weighted by molar-refractivity contribution is -0.137. The molecule has 0 fully saturated rings. The standard InChI is InChI=1S/C18H10ClF3N2O2S/c19-13-8-15-14(23-17(24-15)27-9-16(25)26)7-11(13)4-1-10-2-5-12(6-3-10)18(20,21)22/h2-3,5-8H,9H2,(H,23,24)(H,25,26). The number of rotatable bonds is 3. The molecule has 0 saturated heterocycles. The van der Waals surface area contributed by atoms with Crippen LogP contribution in [0.5, 0.6) is 0 Å². The summed E-state index contributed by atoms with van der Waals surface area (Å²) in [6.07, 6.45) is -4.39. The smallest absolute Gasteiger partial charge is 0.416 e. The molecule has 1 aromatic heterocycles. The quantitative estimate of drug-likeness (QED) is 0.480. The van der Waals surface area contributed by atoms with Crippen molar-refractivity contribution in [1.82, 2.24) is 9.97 Å². The third kappa shape index (κ3) is 4.76. The molecule has 0 aliphatic heterocycles. The molecule has 0 aliphatic carbocycles. The van der Waals surface area contributed by atoms with Gasteiger partial charge in [0.2, 0.25) is 0 Å². The predicted molar refractivity (Wildman–Crippen MR) is 96.9 cm³/mol. The van der Waals surface area contributed by atoms with Gasteiger partial charge in [0.1, 0.15) is 0 Å². The van der Waals surface area contributed by atoms with E-state index in [1.54, 1.807) is 12.1 Å². The number of nitrogens with zero attached hydrogens (tertiary/aromatic N) is 1. The summed E-state index contributed by atoms with van der Waals surface area (Å²) in [6, 6.07) is 7.77. The normalized spacial score (nSPS) is 11.3. The van der Waals surface area contributed by atoms with Crippen LogP contribution in [0.4, 0.5) is 13.2 Å². The molecule has 0 aliphatic rings. The van der Waals surface area contributed by atoms with Crippen LogP contribution in [0.2, 0.25) is 5.02 Å². The highest BCUT2D eigenvalue weighted by Crippen LogP contribution is 2.29. The summed E-state index contributed by atoms with van der Waals surface area (Å²) in [5.74, 6) is 4.51. The Hall–Kier alpha value is -2.63. The monoisotopic (exact) mass is 410 g/mol. The molecule has 0 unspecified atom stereocenters. The van der Waals surface area contributed by atoms with E-state index >= 15 is 0 Å². The molecule has 0 saturated carbocycles. The fourth-order valence-corrected chi connectivity index (χ4v) is 2.99. The summed E-state index contributed by atoms with van der Waals surface area (Å²) >= 11 is 7.23. The van der Waals surface area contributed by atoms with E-state index in [0.717, 1.165) is 23.9 Å². The van der Waals surface area contributed by atoms with E-state index in [1.165, 1.54) is 12.1 Å². The van der Waals surface area contributed by atoms with Crippen LogP contribution in [0, 0.1) is 11.8 Å². The van der Waals surface area contributed by atoms with Crippen molar-refractivity contribution in [2.45, 2.75) is 11.3 Å². The van der Waals surface area contributed by atoms with E-state index in [9.17, 15) is 18.0 Å². The van der Waals surface area contributed by atoms with Crippen LogP contribution >= 0.6 is 23.4 Å². The fourth-order valence-electron chi connectivity index (χ4n) is 2.18. The average Bonchev–Trinajstić information content (AvgIpc) is 2.99. The van der Waals surface area contributed by atoms with Crippen molar-refractivity contribution in [2.75, 3.05) is 5.75 Å². The van der Waals surface area contributed by atoms with Gasteiger partial charge in [-0.2, -0.15) is 13.2 Å². The minimum atomic E-state index is -4.39. The number of aromatic amines is 1. The Bertz CT molecular complexity index is 1070. The van der Waals surface area contributed by atoms with Gasteiger partial charge < -0.3 is 10.1 Å². The lowest BCUT2D eigenvalue weighted by Gasteiger charge is -2.05. The Morgan fingerprint density at radius 2 is 1.93 bits per heavy atom. The zero-order valence-corrected chi connectivity index (χ0v) is 15.0. The van der Waals surface area contributed by atoms with Gasteiger partial charge in [0, 0.05) is 11.1 Å². The summed E-state index contributed by atoms with van der Waals surface area (Å²) in [6.45, 7) is 0. The molecule has 3 aromatic rings. The van der Waals surface area contributed by atoms with Gasteiger partial charge in [-0.3, -0.25) is 4.79 Å². The van der Waals surface area contributed by atoms with Crippen molar-refractivity contribution in [1.29, 1.82) is 0 Å². The number of imidazole rings is 1. The van der Waals surface area contributed by atoms with Crippen LogP contribution in [0.25, 0.3) is 11.0 Å². The number of aromatic nitrogens is 2. The molecule has 2 aromatic carbocycles. The first-order valence-electron chi connectivity index (χ1n) is 7.45. The number of alkyl halides is 3. The van der Waals surface area contributed by atoms with Crippen molar-refractivity contribution in [2.24, 2.45) is 0 Å². The second-order valence-electron chi connectivity index (χ2n) is 5.40. The molecule has 2 N–H and O–H groups in total. The topological polar surface area (TPSA) is 66.0 Å². The summed E-state index contributed by atoms with van der Waals surface area (Å²) < 4.78 is 37.7. The molecule has 27 heavy (non-hydrogen) atoms. The molecule has 4 nitrogen and oxygen atoms in total. The number of hydrogen-bond donors (Lipinski definition) is 2. The number of thioether (sulfide) groups is 1. The van der Waals surface area contributed by atoms with Crippen molar-refractivity contribution >= 4 is 40.4 Å². The highest BCUT2D eigenvalue weighted by atomic mass is 35.5. The molecular weight excluding hydrogens is 401 g/mol. The fraction of sp³-hybridized carbons (Fsp3) is 0.111. The molecule has 3 rings (SSSR count). The summed E-state index contributed by atoms with van der Waals surface area (Å²) in [4.78, 5) is 17.8. The first kappa shape index (κ1) is 19.1. The molecule has 9 heteroatoms. The van der Waals surface area contributed by atoms with Crippen LogP contribution in [-0.4, -0.2) is 26.8 Å². The summed E-state index contributed by atoms with van der Waals surface area (Å²) in [5.41, 5.74) is 1.34. The first-order valence-corrected chi connectivity index (χ1v) is 8.82. The van der Waals surface area contributed by atoms with E-state index in [2.05, 4.69) is 21.8 Å². The Morgan fingerprint density at radius 1 is 1.22 bits per heavy atom. The van der Waals surface area contributed by atoms with E-state index < -0.39 is 17.7 Å². The number of nitrogens with one attached hydrogen (secondary N) is 1. The van der Waals surface area contributed by atoms with Gasteiger partial charge in [0.25, 0.3) is 0 Å². The second-order valence-corrected chi connectivity index (χ2v) is 6.77. The van der Waals surface area contributed by atoms with Crippen LogP contribution in [-0.2, 0) is 11.0 Å². The Kier molecular flexibility index (Phi) is 5.35. The van der Waals surface area contributed by atoms with Gasteiger partial charge >= 0.3 is 12.1 Å². The number of carboxylic acids is 1. The van der Waals surface area contributed by atoms with Gasteiger partial charge in [-0.25, -0.2) is 4.98 Å². The van der Waals surface area contributed by atoms with Crippen molar-refractivity contribution in [3.63, 3.8) is 0 Å². The van der Waals surface area contributed by atoms with Crippen LogP contribution in [0.15, 0.2) is 41.6 Å². The maximum atomic E-state index is 12.6. The van der Waals surface area contributed by atoms with Gasteiger partial charge in [0.15, 0.2) is 5.16 Å². The molecule has 0 amide bonds. The van der Waals surface area contributed by atoms with Crippen LogP contribution < -0.4 is 0 Å². The van der Waals surface area contributed by atoms with E-state index in [4.69, 9.17) is 16.7 Å².